The van der Waals surface area contributed by atoms with Gasteiger partial charge in [0.1, 0.15) is 5.75 Å². The van der Waals surface area contributed by atoms with Gasteiger partial charge in [0.2, 0.25) is 0 Å². The minimum atomic E-state index is -0.105. The molecule has 5 heteroatoms. The van der Waals surface area contributed by atoms with E-state index in [0.717, 1.165) is 17.2 Å². The molecule has 0 spiro atoms. The summed E-state index contributed by atoms with van der Waals surface area (Å²) in [5.74, 6) is 1.55. The van der Waals surface area contributed by atoms with Crippen molar-refractivity contribution in [3.8, 4) is 17.1 Å². The Kier molecular flexibility index (Phi) is 2.77. The third-order valence-electron chi connectivity index (χ3n) is 2.72. The van der Waals surface area contributed by atoms with E-state index in [-0.39, 0.29) is 11.2 Å². The van der Waals surface area contributed by atoms with E-state index in [1.54, 1.807) is 16.8 Å². The van der Waals surface area contributed by atoms with Crippen LogP contribution in [0, 0.1) is 0 Å². The van der Waals surface area contributed by atoms with Crippen molar-refractivity contribution in [2.75, 3.05) is 5.73 Å². The summed E-state index contributed by atoms with van der Waals surface area (Å²) in [6, 6.07) is 5.09. The molecular weight excluding hydrogens is 228 g/mol. The van der Waals surface area contributed by atoms with E-state index < -0.39 is 0 Å². The molecule has 0 aliphatic carbocycles. The van der Waals surface area contributed by atoms with Crippen LogP contribution in [0.3, 0.4) is 0 Å². The number of anilines is 1. The fraction of sp³-hybridized carbons (Fsp3) is 0.385. The molecule has 0 atom stereocenters. The lowest BCUT2D eigenvalue weighted by molar-refractivity contribution is 0.478. The molecule has 0 aliphatic heterocycles. The molecule has 0 unspecified atom stereocenters. The molecule has 0 bridgehead atoms. The maximum atomic E-state index is 9.64. The van der Waals surface area contributed by atoms with Gasteiger partial charge in [0.05, 0.1) is 5.69 Å². The van der Waals surface area contributed by atoms with Crippen LogP contribution in [0.25, 0.3) is 11.4 Å². The Balaban J connectivity index is 2.51. The van der Waals surface area contributed by atoms with Gasteiger partial charge in [0.25, 0.3) is 0 Å². The summed E-state index contributed by atoms with van der Waals surface area (Å²) in [5, 5.41) is 14.0. The third kappa shape index (κ3) is 2.16. The molecule has 1 aromatic heterocycles. The number of rotatable bonds is 1. The second-order valence-electron chi connectivity index (χ2n) is 5.41. The molecule has 1 heterocycles. The van der Waals surface area contributed by atoms with E-state index in [1.165, 1.54) is 0 Å². The number of nitrogen functional groups attached to an aromatic ring is 1. The Labute approximate surface area is 106 Å². The maximum Gasteiger partial charge on any atom is 0.158 e. The quantitative estimate of drug-likeness (QED) is 0.596. The van der Waals surface area contributed by atoms with Crippen molar-refractivity contribution < 1.29 is 5.11 Å². The summed E-state index contributed by atoms with van der Waals surface area (Å²) in [6.45, 7) is 6.19. The molecule has 2 rings (SSSR count). The van der Waals surface area contributed by atoms with Crippen molar-refractivity contribution in [2.45, 2.75) is 26.2 Å². The summed E-state index contributed by atoms with van der Waals surface area (Å²) in [7, 11) is 1.84. The van der Waals surface area contributed by atoms with E-state index in [9.17, 15) is 5.11 Å². The van der Waals surface area contributed by atoms with Crippen LogP contribution in [0.5, 0.6) is 5.75 Å². The number of aromatic nitrogens is 3. The predicted molar refractivity (Wildman–Crippen MR) is 71.2 cm³/mol. The molecule has 18 heavy (non-hydrogen) atoms. The highest BCUT2D eigenvalue weighted by Gasteiger charge is 2.21. The van der Waals surface area contributed by atoms with Gasteiger partial charge in [-0.25, -0.2) is 9.67 Å². The molecule has 3 N–H and O–H groups in total. The third-order valence-corrected chi connectivity index (χ3v) is 2.72. The monoisotopic (exact) mass is 246 g/mol. The second-order valence-corrected chi connectivity index (χ2v) is 5.41. The molecule has 96 valence electrons. The standard InChI is InChI=1S/C13H18N4O/c1-13(2,3)12-15-11(17(4)16-12)8-5-6-9(14)10(18)7-8/h5-7,18H,14H2,1-4H3. The van der Waals surface area contributed by atoms with Gasteiger partial charge in [-0.1, -0.05) is 20.8 Å². The van der Waals surface area contributed by atoms with Gasteiger partial charge in [-0.2, -0.15) is 5.10 Å². The van der Waals surface area contributed by atoms with Gasteiger partial charge in [0.15, 0.2) is 11.6 Å². The lowest BCUT2D eigenvalue weighted by atomic mass is 9.96. The van der Waals surface area contributed by atoms with E-state index in [4.69, 9.17) is 5.73 Å². The molecular formula is C13H18N4O. The van der Waals surface area contributed by atoms with Crippen LogP contribution >= 0.6 is 0 Å². The Bertz CT molecular complexity index is 581. The summed E-state index contributed by atoms with van der Waals surface area (Å²) in [5.41, 5.74) is 6.64. The summed E-state index contributed by atoms with van der Waals surface area (Å²) >= 11 is 0. The van der Waals surface area contributed by atoms with Crippen LogP contribution in [-0.2, 0) is 12.5 Å². The number of benzene rings is 1. The number of nitrogens with two attached hydrogens (primary N) is 1. The Hall–Kier alpha value is -2.04. The second kappa shape index (κ2) is 4.01. The number of aromatic hydroxyl groups is 1. The Morgan fingerprint density at radius 2 is 1.94 bits per heavy atom. The van der Waals surface area contributed by atoms with E-state index in [1.807, 2.05) is 13.1 Å². The molecule has 0 saturated carbocycles. The van der Waals surface area contributed by atoms with Crippen LogP contribution in [0.4, 0.5) is 5.69 Å². The van der Waals surface area contributed by atoms with Crippen molar-refractivity contribution in [1.29, 1.82) is 0 Å². The first-order valence-corrected chi connectivity index (χ1v) is 5.79. The molecule has 5 nitrogen and oxygen atoms in total. The number of hydrogen-bond donors (Lipinski definition) is 2. The first-order valence-electron chi connectivity index (χ1n) is 5.79. The molecule has 2 aromatic rings. The van der Waals surface area contributed by atoms with Crippen LogP contribution in [0.15, 0.2) is 18.2 Å². The zero-order valence-corrected chi connectivity index (χ0v) is 11.1. The Morgan fingerprint density at radius 1 is 1.28 bits per heavy atom. The average Bonchev–Trinajstić information content (AvgIpc) is 2.64. The predicted octanol–water partition coefficient (Wildman–Crippen LogP) is 2.07. The molecule has 0 saturated heterocycles. The highest BCUT2D eigenvalue weighted by molar-refractivity contribution is 5.65. The minimum Gasteiger partial charge on any atom is -0.506 e. The fourth-order valence-corrected chi connectivity index (χ4v) is 1.64. The lowest BCUT2D eigenvalue weighted by Gasteiger charge is -2.12. The first-order chi connectivity index (χ1) is 8.29. The van der Waals surface area contributed by atoms with Gasteiger partial charge in [-0.15, -0.1) is 0 Å². The van der Waals surface area contributed by atoms with Crippen molar-refractivity contribution in [2.24, 2.45) is 7.05 Å². The van der Waals surface area contributed by atoms with Crippen LogP contribution in [0.1, 0.15) is 26.6 Å². The summed E-state index contributed by atoms with van der Waals surface area (Å²) in [6.07, 6.45) is 0. The largest absolute Gasteiger partial charge is 0.506 e. The smallest absolute Gasteiger partial charge is 0.158 e. The van der Waals surface area contributed by atoms with E-state index >= 15 is 0 Å². The number of hydrogen-bond acceptors (Lipinski definition) is 4. The summed E-state index contributed by atoms with van der Waals surface area (Å²) in [4.78, 5) is 4.52. The maximum absolute atomic E-state index is 9.64. The highest BCUT2D eigenvalue weighted by Crippen LogP contribution is 2.28. The van der Waals surface area contributed by atoms with E-state index in [2.05, 4.69) is 30.9 Å². The number of aryl methyl sites for hydroxylation is 1. The summed E-state index contributed by atoms with van der Waals surface area (Å²) < 4.78 is 1.71. The zero-order valence-electron chi connectivity index (χ0n) is 11.1. The van der Waals surface area contributed by atoms with Gasteiger partial charge < -0.3 is 10.8 Å². The van der Waals surface area contributed by atoms with Crippen molar-refractivity contribution in [1.82, 2.24) is 14.8 Å². The average molecular weight is 246 g/mol. The SMILES string of the molecule is Cn1nc(C(C)(C)C)nc1-c1ccc(N)c(O)c1. The molecule has 0 radical (unpaired) electrons. The molecule has 1 aromatic carbocycles. The molecule has 0 fully saturated rings. The zero-order chi connectivity index (χ0) is 13.5. The molecule has 0 aliphatic rings. The van der Waals surface area contributed by atoms with Crippen molar-refractivity contribution >= 4 is 5.69 Å². The Morgan fingerprint density at radius 3 is 2.44 bits per heavy atom. The highest BCUT2D eigenvalue weighted by atomic mass is 16.3. The fourth-order valence-electron chi connectivity index (χ4n) is 1.64. The number of nitrogens with zero attached hydrogens (tertiary/aromatic N) is 3. The number of phenols is 1. The first kappa shape index (κ1) is 12.4. The lowest BCUT2D eigenvalue weighted by Crippen LogP contribution is -2.13. The van der Waals surface area contributed by atoms with Crippen molar-refractivity contribution in [3.05, 3.63) is 24.0 Å². The van der Waals surface area contributed by atoms with Crippen molar-refractivity contribution in [3.63, 3.8) is 0 Å². The van der Waals surface area contributed by atoms with Crippen LogP contribution < -0.4 is 5.73 Å². The van der Waals surface area contributed by atoms with Gasteiger partial charge >= 0.3 is 0 Å². The minimum absolute atomic E-state index is 0.0628. The normalized spacial score (nSPS) is 11.8. The van der Waals surface area contributed by atoms with E-state index in [0.29, 0.717) is 5.69 Å². The number of phenolic OH excluding ortho intramolecular Hbond substituents is 1. The van der Waals surface area contributed by atoms with Gasteiger partial charge in [-0.05, 0) is 18.2 Å². The van der Waals surface area contributed by atoms with Gasteiger partial charge in [-0.3, -0.25) is 0 Å². The van der Waals surface area contributed by atoms with Gasteiger partial charge in [0, 0.05) is 18.0 Å². The topological polar surface area (TPSA) is 77.0 Å². The van der Waals surface area contributed by atoms with Crippen LogP contribution in [-0.4, -0.2) is 19.9 Å². The van der Waals surface area contributed by atoms with Crippen LogP contribution in [0.2, 0.25) is 0 Å². The molecule has 0 amide bonds.